The number of ketones is 1. The summed E-state index contributed by atoms with van der Waals surface area (Å²) < 4.78 is 15.6. The normalized spacial score (nSPS) is 12.5. The third kappa shape index (κ3) is 5.82. The second-order valence-electron chi connectivity index (χ2n) is 6.86. The van der Waals surface area contributed by atoms with Gasteiger partial charge in [0, 0.05) is 12.0 Å². The second kappa shape index (κ2) is 10.2. The fraction of sp³-hybridized carbons (Fsp3) is 0.208. The van der Waals surface area contributed by atoms with Crippen molar-refractivity contribution in [2.45, 2.75) is 25.5 Å². The highest BCUT2D eigenvalue weighted by atomic mass is 16.5. The number of nitrogens with one attached hydrogen (secondary N) is 1. The van der Waals surface area contributed by atoms with Gasteiger partial charge in [-0.1, -0.05) is 30.3 Å². The summed E-state index contributed by atoms with van der Waals surface area (Å²) in [5.74, 6) is -0.917. The van der Waals surface area contributed by atoms with Gasteiger partial charge in [-0.05, 0) is 48.9 Å². The lowest BCUT2D eigenvalue weighted by Gasteiger charge is -2.20. The summed E-state index contributed by atoms with van der Waals surface area (Å²) in [7, 11) is 1.53. The first-order chi connectivity index (χ1) is 15.0. The number of carbonyl (C=O) groups excluding carboxylic acids is 3. The fourth-order valence-electron chi connectivity index (χ4n) is 2.98. The number of rotatable bonds is 9. The Labute approximate surface area is 180 Å². The number of Topliss-reactive ketones (excluding diaryl/α,β-unsaturated/α-hetero) is 1. The first-order valence-electron chi connectivity index (χ1n) is 9.75. The molecule has 0 aliphatic heterocycles. The molecule has 3 rings (SSSR count). The van der Waals surface area contributed by atoms with Crippen LogP contribution in [0, 0.1) is 0 Å². The van der Waals surface area contributed by atoms with Gasteiger partial charge in [-0.15, -0.1) is 0 Å². The molecule has 2 aromatic carbocycles. The minimum Gasteiger partial charge on any atom is -0.497 e. The molecular weight excluding hydrogens is 398 g/mol. The molecule has 0 fully saturated rings. The number of ether oxygens (including phenoxy) is 2. The Morgan fingerprint density at radius 1 is 0.968 bits per heavy atom. The minimum atomic E-state index is -1.03. The van der Waals surface area contributed by atoms with Gasteiger partial charge in [0.25, 0.3) is 5.91 Å². The van der Waals surface area contributed by atoms with Gasteiger partial charge >= 0.3 is 5.97 Å². The molecule has 0 aliphatic carbocycles. The summed E-state index contributed by atoms with van der Waals surface area (Å²) in [6, 6.07) is 17.8. The zero-order valence-electron chi connectivity index (χ0n) is 17.2. The molecule has 1 aromatic heterocycles. The van der Waals surface area contributed by atoms with Gasteiger partial charge in [0.2, 0.25) is 5.78 Å². The standard InChI is InChI=1S/C24H23NO6/c1-16(22(26)18-10-12-19(29-2)13-11-18)31-24(28)20(15-17-7-4-3-5-8-17)25-23(27)21-9-6-14-30-21/h3-14,16,20H,15H2,1-2H3,(H,25,27)/t16-,20-/m0/s1. The van der Waals surface area contributed by atoms with Crippen molar-refractivity contribution in [1.29, 1.82) is 0 Å². The van der Waals surface area contributed by atoms with Crippen LogP contribution in [0.4, 0.5) is 0 Å². The summed E-state index contributed by atoms with van der Waals surface area (Å²) in [5.41, 5.74) is 1.22. The largest absolute Gasteiger partial charge is 0.497 e. The summed E-state index contributed by atoms with van der Waals surface area (Å²) in [4.78, 5) is 37.9. The number of esters is 1. The van der Waals surface area contributed by atoms with E-state index in [1.165, 1.54) is 26.4 Å². The van der Waals surface area contributed by atoms with Gasteiger partial charge in [0.1, 0.15) is 11.8 Å². The van der Waals surface area contributed by atoms with Crippen LogP contribution in [0.1, 0.15) is 33.4 Å². The molecule has 0 saturated carbocycles. The Morgan fingerprint density at radius 3 is 2.29 bits per heavy atom. The molecule has 1 heterocycles. The molecular formula is C24H23NO6. The summed E-state index contributed by atoms with van der Waals surface area (Å²) in [5, 5.41) is 2.63. The zero-order chi connectivity index (χ0) is 22.2. The molecule has 1 amide bonds. The van der Waals surface area contributed by atoms with E-state index in [0.717, 1.165) is 5.56 Å². The smallest absolute Gasteiger partial charge is 0.329 e. The third-order valence-corrected chi connectivity index (χ3v) is 4.65. The number of hydrogen-bond donors (Lipinski definition) is 1. The Balaban J connectivity index is 1.71. The number of hydrogen-bond acceptors (Lipinski definition) is 6. The molecule has 160 valence electrons. The first kappa shape index (κ1) is 21.8. The van der Waals surface area contributed by atoms with Crippen LogP contribution < -0.4 is 10.1 Å². The number of methoxy groups -OCH3 is 1. The van der Waals surface area contributed by atoms with Gasteiger partial charge in [-0.2, -0.15) is 0 Å². The van der Waals surface area contributed by atoms with E-state index in [2.05, 4.69) is 5.32 Å². The van der Waals surface area contributed by atoms with Crippen molar-refractivity contribution in [3.63, 3.8) is 0 Å². The maximum Gasteiger partial charge on any atom is 0.329 e. The van der Waals surface area contributed by atoms with Crippen molar-refractivity contribution >= 4 is 17.7 Å². The van der Waals surface area contributed by atoms with Crippen LogP contribution in [0.15, 0.2) is 77.4 Å². The fourth-order valence-corrected chi connectivity index (χ4v) is 2.98. The number of furan rings is 1. The van der Waals surface area contributed by atoms with E-state index in [1.54, 1.807) is 30.3 Å². The molecule has 0 aliphatic rings. The number of amides is 1. The monoisotopic (exact) mass is 421 g/mol. The van der Waals surface area contributed by atoms with E-state index in [-0.39, 0.29) is 18.0 Å². The molecule has 0 saturated heterocycles. The van der Waals surface area contributed by atoms with E-state index < -0.39 is 24.0 Å². The van der Waals surface area contributed by atoms with Crippen molar-refractivity contribution < 1.29 is 28.3 Å². The molecule has 0 radical (unpaired) electrons. The van der Waals surface area contributed by atoms with E-state index in [4.69, 9.17) is 13.9 Å². The molecule has 1 N–H and O–H groups in total. The van der Waals surface area contributed by atoms with Crippen LogP contribution in [-0.2, 0) is 16.0 Å². The lowest BCUT2D eigenvalue weighted by Crippen LogP contribution is -2.45. The molecule has 31 heavy (non-hydrogen) atoms. The predicted octanol–water partition coefficient (Wildman–Crippen LogP) is 3.44. The van der Waals surface area contributed by atoms with E-state index in [9.17, 15) is 14.4 Å². The van der Waals surface area contributed by atoms with Crippen molar-refractivity contribution in [2.24, 2.45) is 0 Å². The second-order valence-corrected chi connectivity index (χ2v) is 6.86. The third-order valence-electron chi connectivity index (χ3n) is 4.65. The maximum absolute atomic E-state index is 12.9. The van der Waals surface area contributed by atoms with Crippen LogP contribution in [0.2, 0.25) is 0 Å². The highest BCUT2D eigenvalue weighted by Gasteiger charge is 2.28. The van der Waals surface area contributed by atoms with Crippen LogP contribution >= 0.6 is 0 Å². The van der Waals surface area contributed by atoms with Crippen molar-refractivity contribution in [1.82, 2.24) is 5.32 Å². The highest BCUT2D eigenvalue weighted by molar-refractivity contribution is 6.01. The lowest BCUT2D eigenvalue weighted by molar-refractivity contribution is -0.148. The first-order valence-corrected chi connectivity index (χ1v) is 9.75. The molecule has 7 heteroatoms. The van der Waals surface area contributed by atoms with E-state index >= 15 is 0 Å². The maximum atomic E-state index is 12.9. The number of carbonyl (C=O) groups is 3. The van der Waals surface area contributed by atoms with Crippen molar-refractivity contribution in [3.05, 3.63) is 89.9 Å². The van der Waals surface area contributed by atoms with Gasteiger partial charge in [0.05, 0.1) is 13.4 Å². The molecule has 0 bridgehead atoms. The van der Waals surface area contributed by atoms with Gasteiger partial charge < -0.3 is 19.2 Å². The Bertz CT molecular complexity index is 1010. The average molecular weight is 421 g/mol. The van der Waals surface area contributed by atoms with Crippen LogP contribution in [-0.4, -0.2) is 36.9 Å². The molecule has 2 atom stereocenters. The Hall–Kier alpha value is -3.87. The molecule has 0 spiro atoms. The Kier molecular flexibility index (Phi) is 7.22. The van der Waals surface area contributed by atoms with Gasteiger partial charge in [-0.3, -0.25) is 9.59 Å². The van der Waals surface area contributed by atoms with Gasteiger partial charge in [-0.25, -0.2) is 4.79 Å². The van der Waals surface area contributed by atoms with Crippen molar-refractivity contribution in [2.75, 3.05) is 7.11 Å². The van der Waals surface area contributed by atoms with E-state index in [1.807, 2.05) is 30.3 Å². The zero-order valence-corrected chi connectivity index (χ0v) is 17.2. The van der Waals surface area contributed by atoms with Crippen LogP contribution in [0.3, 0.4) is 0 Å². The minimum absolute atomic E-state index is 0.0771. The average Bonchev–Trinajstić information content (AvgIpc) is 3.34. The lowest BCUT2D eigenvalue weighted by atomic mass is 10.0. The van der Waals surface area contributed by atoms with E-state index in [0.29, 0.717) is 11.3 Å². The predicted molar refractivity (Wildman–Crippen MR) is 113 cm³/mol. The molecule has 0 unspecified atom stereocenters. The summed E-state index contributed by atoms with van der Waals surface area (Å²) in [6.45, 7) is 1.50. The van der Waals surface area contributed by atoms with Gasteiger partial charge in [0.15, 0.2) is 11.9 Å². The topological polar surface area (TPSA) is 94.8 Å². The summed E-state index contributed by atoms with van der Waals surface area (Å²) in [6.07, 6.45) is 0.546. The van der Waals surface area contributed by atoms with Crippen molar-refractivity contribution in [3.8, 4) is 5.75 Å². The Morgan fingerprint density at radius 2 is 1.68 bits per heavy atom. The number of benzene rings is 2. The highest BCUT2D eigenvalue weighted by Crippen LogP contribution is 2.15. The summed E-state index contributed by atoms with van der Waals surface area (Å²) >= 11 is 0. The molecule has 7 nitrogen and oxygen atoms in total. The SMILES string of the molecule is COc1ccc(C(=O)[C@H](C)OC(=O)[C@H](Cc2ccccc2)NC(=O)c2ccco2)cc1. The molecule has 3 aromatic rings. The van der Waals surface area contributed by atoms with Crippen LogP contribution in [0.5, 0.6) is 5.75 Å². The quantitative estimate of drug-likeness (QED) is 0.420. The van der Waals surface area contributed by atoms with Crippen LogP contribution in [0.25, 0.3) is 0 Å².